The standard InChI is InChI=1S/C12H19N3O3/c1-3-14(7-8-16)9-10-5-4-6-11(15(17)18)12(10)13-2/h4-6,13,16H,3,7-9H2,1-2H3. The molecule has 0 saturated carbocycles. The molecule has 0 fully saturated rings. The van der Waals surface area contributed by atoms with Gasteiger partial charge in [0.15, 0.2) is 0 Å². The van der Waals surface area contributed by atoms with Crippen LogP contribution in [0.3, 0.4) is 0 Å². The van der Waals surface area contributed by atoms with Crippen molar-refractivity contribution in [3.05, 3.63) is 33.9 Å². The molecule has 100 valence electrons. The van der Waals surface area contributed by atoms with E-state index < -0.39 is 4.92 Å². The maximum atomic E-state index is 10.9. The van der Waals surface area contributed by atoms with Crippen molar-refractivity contribution < 1.29 is 10.0 Å². The third-order valence-corrected chi connectivity index (χ3v) is 2.83. The van der Waals surface area contributed by atoms with Gasteiger partial charge in [0.2, 0.25) is 0 Å². The van der Waals surface area contributed by atoms with Crippen molar-refractivity contribution in [3.8, 4) is 0 Å². The monoisotopic (exact) mass is 253 g/mol. The van der Waals surface area contributed by atoms with Crippen LogP contribution in [0.25, 0.3) is 0 Å². The van der Waals surface area contributed by atoms with E-state index in [1.54, 1.807) is 13.1 Å². The fourth-order valence-electron chi connectivity index (χ4n) is 1.89. The molecular weight excluding hydrogens is 234 g/mol. The molecule has 6 heteroatoms. The Kier molecular flexibility index (Phi) is 5.54. The predicted octanol–water partition coefficient (Wildman–Crippen LogP) is 1.45. The van der Waals surface area contributed by atoms with Crippen molar-refractivity contribution in [3.63, 3.8) is 0 Å². The first kappa shape index (κ1) is 14.4. The van der Waals surface area contributed by atoms with Crippen molar-refractivity contribution in [2.75, 3.05) is 32.1 Å². The van der Waals surface area contributed by atoms with Crippen molar-refractivity contribution in [1.82, 2.24) is 4.90 Å². The van der Waals surface area contributed by atoms with E-state index >= 15 is 0 Å². The number of benzene rings is 1. The second-order valence-corrected chi connectivity index (χ2v) is 3.91. The molecule has 18 heavy (non-hydrogen) atoms. The van der Waals surface area contributed by atoms with E-state index in [2.05, 4.69) is 5.32 Å². The molecule has 0 bridgehead atoms. The number of nitro benzene ring substituents is 1. The summed E-state index contributed by atoms with van der Waals surface area (Å²) in [5.41, 5.74) is 1.48. The minimum atomic E-state index is -0.391. The van der Waals surface area contributed by atoms with Crippen LogP contribution >= 0.6 is 0 Å². The minimum Gasteiger partial charge on any atom is -0.395 e. The van der Waals surface area contributed by atoms with Gasteiger partial charge in [0, 0.05) is 26.2 Å². The Hall–Kier alpha value is -1.66. The highest BCUT2D eigenvalue weighted by Crippen LogP contribution is 2.28. The summed E-state index contributed by atoms with van der Waals surface area (Å²) < 4.78 is 0. The summed E-state index contributed by atoms with van der Waals surface area (Å²) >= 11 is 0. The number of anilines is 1. The van der Waals surface area contributed by atoms with Crippen LogP contribution in [0.5, 0.6) is 0 Å². The summed E-state index contributed by atoms with van der Waals surface area (Å²) in [6.45, 7) is 3.99. The topological polar surface area (TPSA) is 78.6 Å². The molecule has 0 saturated heterocycles. The summed E-state index contributed by atoms with van der Waals surface area (Å²) in [7, 11) is 1.67. The highest BCUT2D eigenvalue weighted by Gasteiger charge is 2.17. The van der Waals surface area contributed by atoms with Gasteiger partial charge in [-0.3, -0.25) is 15.0 Å². The number of likely N-dealkylation sites (N-methyl/N-ethyl adjacent to an activating group) is 1. The third kappa shape index (κ3) is 3.41. The lowest BCUT2D eigenvalue weighted by Crippen LogP contribution is -2.26. The predicted molar refractivity (Wildman–Crippen MR) is 70.7 cm³/mol. The van der Waals surface area contributed by atoms with E-state index in [4.69, 9.17) is 5.11 Å². The summed E-state index contributed by atoms with van der Waals surface area (Å²) in [5, 5.41) is 22.8. The molecule has 0 aromatic heterocycles. The summed E-state index contributed by atoms with van der Waals surface area (Å²) in [4.78, 5) is 12.6. The Bertz CT molecular complexity index is 410. The van der Waals surface area contributed by atoms with E-state index in [1.807, 2.05) is 17.9 Å². The number of rotatable bonds is 7. The molecular formula is C12H19N3O3. The largest absolute Gasteiger partial charge is 0.395 e. The van der Waals surface area contributed by atoms with Gasteiger partial charge in [0.25, 0.3) is 5.69 Å². The van der Waals surface area contributed by atoms with Crippen molar-refractivity contribution in [2.45, 2.75) is 13.5 Å². The minimum absolute atomic E-state index is 0.0788. The van der Waals surface area contributed by atoms with E-state index in [1.165, 1.54) is 6.07 Å². The maximum absolute atomic E-state index is 10.9. The molecule has 0 aliphatic carbocycles. The number of nitro groups is 1. The van der Waals surface area contributed by atoms with E-state index in [-0.39, 0.29) is 12.3 Å². The van der Waals surface area contributed by atoms with Crippen molar-refractivity contribution in [1.29, 1.82) is 0 Å². The SMILES string of the molecule is CCN(CCO)Cc1cccc([N+](=O)[O-])c1NC. The number of aliphatic hydroxyl groups excluding tert-OH is 1. The van der Waals surface area contributed by atoms with Gasteiger partial charge in [-0.2, -0.15) is 0 Å². The molecule has 1 aromatic carbocycles. The van der Waals surface area contributed by atoms with Crippen LogP contribution in [0.4, 0.5) is 11.4 Å². The smallest absolute Gasteiger partial charge is 0.292 e. The van der Waals surface area contributed by atoms with Gasteiger partial charge in [-0.25, -0.2) is 0 Å². The highest BCUT2D eigenvalue weighted by atomic mass is 16.6. The lowest BCUT2D eigenvalue weighted by Gasteiger charge is -2.20. The van der Waals surface area contributed by atoms with Crippen LogP contribution < -0.4 is 5.32 Å². The first-order chi connectivity index (χ1) is 8.63. The Balaban J connectivity index is 3.01. The Morgan fingerprint density at radius 2 is 2.22 bits per heavy atom. The summed E-state index contributed by atoms with van der Waals surface area (Å²) in [5.74, 6) is 0. The number of para-hydroxylation sites is 1. The third-order valence-electron chi connectivity index (χ3n) is 2.83. The average molecular weight is 253 g/mol. The van der Waals surface area contributed by atoms with E-state index in [0.717, 1.165) is 12.1 Å². The Morgan fingerprint density at radius 1 is 1.50 bits per heavy atom. The van der Waals surface area contributed by atoms with Crippen LogP contribution in [0.15, 0.2) is 18.2 Å². The average Bonchev–Trinajstić information content (AvgIpc) is 2.37. The number of nitrogens with zero attached hydrogens (tertiary/aromatic N) is 2. The molecule has 0 spiro atoms. The lowest BCUT2D eigenvalue weighted by atomic mass is 10.1. The molecule has 0 atom stereocenters. The molecule has 0 unspecified atom stereocenters. The zero-order valence-electron chi connectivity index (χ0n) is 10.7. The molecule has 0 aliphatic rings. The zero-order chi connectivity index (χ0) is 13.5. The summed E-state index contributed by atoms with van der Waals surface area (Å²) in [6.07, 6.45) is 0. The first-order valence-corrected chi connectivity index (χ1v) is 5.91. The molecule has 0 aliphatic heterocycles. The van der Waals surface area contributed by atoms with Gasteiger partial charge in [-0.1, -0.05) is 19.1 Å². The molecule has 1 rings (SSSR count). The van der Waals surface area contributed by atoms with E-state index in [0.29, 0.717) is 18.8 Å². The van der Waals surface area contributed by atoms with Crippen LogP contribution in [0.1, 0.15) is 12.5 Å². The number of aliphatic hydroxyl groups is 1. The molecule has 0 heterocycles. The zero-order valence-corrected chi connectivity index (χ0v) is 10.7. The lowest BCUT2D eigenvalue weighted by molar-refractivity contribution is -0.384. The quantitative estimate of drug-likeness (QED) is 0.568. The first-order valence-electron chi connectivity index (χ1n) is 5.91. The number of hydrogen-bond acceptors (Lipinski definition) is 5. The fraction of sp³-hybridized carbons (Fsp3) is 0.500. The van der Waals surface area contributed by atoms with Crippen molar-refractivity contribution >= 4 is 11.4 Å². The molecule has 1 aromatic rings. The molecule has 0 radical (unpaired) electrons. The van der Waals surface area contributed by atoms with Gasteiger partial charge < -0.3 is 10.4 Å². The van der Waals surface area contributed by atoms with Gasteiger partial charge in [0.05, 0.1) is 11.5 Å². The van der Waals surface area contributed by atoms with Gasteiger partial charge in [0.1, 0.15) is 5.69 Å². The second-order valence-electron chi connectivity index (χ2n) is 3.91. The highest BCUT2D eigenvalue weighted by molar-refractivity contribution is 5.66. The Labute approximate surface area is 106 Å². The molecule has 0 amide bonds. The number of hydrogen-bond donors (Lipinski definition) is 2. The van der Waals surface area contributed by atoms with Gasteiger partial charge >= 0.3 is 0 Å². The summed E-state index contributed by atoms with van der Waals surface area (Å²) in [6, 6.07) is 5.03. The van der Waals surface area contributed by atoms with Gasteiger partial charge in [-0.05, 0) is 12.1 Å². The van der Waals surface area contributed by atoms with Crippen LogP contribution in [0, 0.1) is 10.1 Å². The van der Waals surface area contributed by atoms with E-state index in [9.17, 15) is 10.1 Å². The number of nitrogens with one attached hydrogen (secondary N) is 1. The fourth-order valence-corrected chi connectivity index (χ4v) is 1.89. The normalized spacial score (nSPS) is 10.7. The maximum Gasteiger partial charge on any atom is 0.292 e. The van der Waals surface area contributed by atoms with Crippen LogP contribution in [0.2, 0.25) is 0 Å². The van der Waals surface area contributed by atoms with Gasteiger partial charge in [-0.15, -0.1) is 0 Å². The second kappa shape index (κ2) is 6.93. The van der Waals surface area contributed by atoms with Crippen LogP contribution in [-0.2, 0) is 6.54 Å². The van der Waals surface area contributed by atoms with Crippen LogP contribution in [-0.4, -0.2) is 41.7 Å². The molecule has 6 nitrogen and oxygen atoms in total. The molecule has 2 N–H and O–H groups in total. The van der Waals surface area contributed by atoms with Crippen molar-refractivity contribution in [2.24, 2.45) is 0 Å². The Morgan fingerprint density at radius 3 is 2.72 bits per heavy atom.